The highest BCUT2D eigenvalue weighted by Crippen LogP contribution is 2.28. The van der Waals surface area contributed by atoms with Crippen LogP contribution in [0.5, 0.6) is 5.75 Å². The number of nitrogens with zero attached hydrogens (tertiary/aromatic N) is 1. The molecule has 0 atom stereocenters. The maximum atomic E-state index is 12.1. The van der Waals surface area contributed by atoms with Gasteiger partial charge in [0.2, 0.25) is 0 Å². The van der Waals surface area contributed by atoms with Crippen LogP contribution in [0.1, 0.15) is 0 Å². The molecule has 0 bridgehead atoms. The lowest BCUT2D eigenvalue weighted by Gasteiger charge is -2.10. The number of hydrogen-bond acceptors (Lipinski definition) is 2. The number of ether oxygens (including phenoxy) is 1. The molecule has 94 valence electrons. The standard InChI is InChI=1S/C12H7F3INO/c13-12(14,15)18-10-3-1-2-8(6-10)9-4-5-17-11(16)7-9/h1-7H. The number of alkyl halides is 3. The van der Waals surface area contributed by atoms with E-state index in [0.29, 0.717) is 5.56 Å². The predicted octanol–water partition coefficient (Wildman–Crippen LogP) is 4.25. The molecule has 0 unspecified atom stereocenters. The number of halogens is 4. The van der Waals surface area contributed by atoms with Crippen molar-refractivity contribution in [2.45, 2.75) is 6.36 Å². The van der Waals surface area contributed by atoms with Gasteiger partial charge in [0.25, 0.3) is 0 Å². The molecule has 0 saturated carbocycles. The van der Waals surface area contributed by atoms with Crippen molar-refractivity contribution in [1.29, 1.82) is 0 Å². The monoisotopic (exact) mass is 365 g/mol. The average Bonchev–Trinajstić information content (AvgIpc) is 2.27. The Kier molecular flexibility index (Phi) is 3.74. The fourth-order valence-corrected chi connectivity index (χ4v) is 1.95. The third-order valence-corrected chi connectivity index (χ3v) is 2.72. The Balaban J connectivity index is 2.33. The van der Waals surface area contributed by atoms with E-state index in [1.807, 2.05) is 22.6 Å². The summed E-state index contributed by atoms with van der Waals surface area (Å²) in [6.07, 6.45) is -3.07. The minimum absolute atomic E-state index is 0.230. The van der Waals surface area contributed by atoms with Gasteiger partial charge in [0, 0.05) is 6.20 Å². The molecule has 0 aliphatic heterocycles. The van der Waals surface area contributed by atoms with Crippen LogP contribution in [0.3, 0.4) is 0 Å². The van der Waals surface area contributed by atoms with E-state index in [-0.39, 0.29) is 5.75 Å². The lowest BCUT2D eigenvalue weighted by Crippen LogP contribution is -2.17. The molecule has 0 radical (unpaired) electrons. The second-order valence-corrected chi connectivity index (χ2v) is 4.55. The summed E-state index contributed by atoms with van der Waals surface area (Å²) in [4.78, 5) is 4.02. The molecular weight excluding hydrogens is 358 g/mol. The predicted molar refractivity (Wildman–Crippen MR) is 69.1 cm³/mol. The van der Waals surface area contributed by atoms with Gasteiger partial charge in [-0.1, -0.05) is 12.1 Å². The van der Waals surface area contributed by atoms with E-state index in [4.69, 9.17) is 0 Å². The van der Waals surface area contributed by atoms with Crippen LogP contribution < -0.4 is 4.74 Å². The van der Waals surface area contributed by atoms with Crippen LogP contribution in [0.2, 0.25) is 0 Å². The molecule has 0 N–H and O–H groups in total. The topological polar surface area (TPSA) is 22.1 Å². The molecule has 0 saturated heterocycles. The third-order valence-electron chi connectivity index (χ3n) is 2.13. The van der Waals surface area contributed by atoms with Crippen molar-refractivity contribution in [3.63, 3.8) is 0 Å². The lowest BCUT2D eigenvalue weighted by molar-refractivity contribution is -0.274. The maximum absolute atomic E-state index is 12.1. The lowest BCUT2D eigenvalue weighted by atomic mass is 10.1. The second kappa shape index (κ2) is 5.13. The van der Waals surface area contributed by atoms with Gasteiger partial charge in [0.05, 0.1) is 0 Å². The van der Waals surface area contributed by atoms with Crippen molar-refractivity contribution in [3.8, 4) is 16.9 Å². The smallest absolute Gasteiger partial charge is 0.406 e. The number of aromatic nitrogens is 1. The maximum Gasteiger partial charge on any atom is 0.573 e. The first kappa shape index (κ1) is 13.1. The van der Waals surface area contributed by atoms with Crippen LogP contribution in [0.15, 0.2) is 42.6 Å². The molecule has 2 nitrogen and oxygen atoms in total. The SMILES string of the molecule is FC(F)(F)Oc1cccc(-c2ccnc(I)c2)c1. The highest BCUT2D eigenvalue weighted by atomic mass is 127. The summed E-state index contributed by atoms with van der Waals surface area (Å²) in [5.41, 5.74) is 1.44. The van der Waals surface area contributed by atoms with Gasteiger partial charge in [-0.15, -0.1) is 13.2 Å². The summed E-state index contributed by atoms with van der Waals surface area (Å²) >= 11 is 2.04. The number of pyridine rings is 1. The summed E-state index contributed by atoms with van der Waals surface area (Å²) in [7, 11) is 0. The van der Waals surface area contributed by atoms with Crippen molar-refractivity contribution in [3.05, 3.63) is 46.3 Å². The van der Waals surface area contributed by atoms with Crippen molar-refractivity contribution in [2.24, 2.45) is 0 Å². The Labute approximate surface area is 115 Å². The first-order valence-electron chi connectivity index (χ1n) is 4.92. The normalized spacial score (nSPS) is 11.3. The van der Waals surface area contributed by atoms with Crippen molar-refractivity contribution in [2.75, 3.05) is 0 Å². The van der Waals surface area contributed by atoms with E-state index in [9.17, 15) is 13.2 Å². The van der Waals surface area contributed by atoms with E-state index < -0.39 is 6.36 Å². The van der Waals surface area contributed by atoms with Crippen LogP contribution in [0, 0.1) is 3.70 Å². The minimum atomic E-state index is -4.68. The fourth-order valence-electron chi connectivity index (χ4n) is 1.45. The number of rotatable bonds is 2. The molecule has 0 aliphatic carbocycles. The average molecular weight is 365 g/mol. The molecule has 2 rings (SSSR count). The van der Waals surface area contributed by atoms with Crippen LogP contribution in [-0.2, 0) is 0 Å². The summed E-state index contributed by atoms with van der Waals surface area (Å²) in [5, 5.41) is 0. The number of hydrogen-bond donors (Lipinski definition) is 0. The van der Waals surface area contributed by atoms with Crippen LogP contribution in [-0.4, -0.2) is 11.3 Å². The van der Waals surface area contributed by atoms with Crippen LogP contribution >= 0.6 is 22.6 Å². The van der Waals surface area contributed by atoms with E-state index >= 15 is 0 Å². The Morgan fingerprint density at radius 3 is 2.44 bits per heavy atom. The molecule has 0 amide bonds. The largest absolute Gasteiger partial charge is 0.573 e. The van der Waals surface area contributed by atoms with Gasteiger partial charge in [0.15, 0.2) is 0 Å². The minimum Gasteiger partial charge on any atom is -0.406 e. The van der Waals surface area contributed by atoms with Gasteiger partial charge in [-0.3, -0.25) is 4.98 Å². The Morgan fingerprint density at radius 1 is 1.06 bits per heavy atom. The van der Waals surface area contributed by atoms with Crippen molar-refractivity contribution >= 4 is 22.6 Å². The quantitative estimate of drug-likeness (QED) is 0.587. The zero-order valence-corrected chi connectivity index (χ0v) is 11.1. The van der Waals surface area contributed by atoms with Crippen molar-refractivity contribution in [1.82, 2.24) is 4.98 Å². The van der Waals surface area contributed by atoms with Crippen molar-refractivity contribution < 1.29 is 17.9 Å². The van der Waals surface area contributed by atoms with Gasteiger partial charge >= 0.3 is 6.36 Å². The van der Waals surface area contributed by atoms with Crippen LogP contribution in [0.4, 0.5) is 13.2 Å². The van der Waals surface area contributed by atoms with E-state index in [1.165, 1.54) is 18.2 Å². The van der Waals surface area contributed by atoms with E-state index in [2.05, 4.69) is 9.72 Å². The Hall–Kier alpha value is -1.31. The molecule has 1 heterocycles. The van der Waals surface area contributed by atoms with Gasteiger partial charge in [-0.25, -0.2) is 0 Å². The highest BCUT2D eigenvalue weighted by Gasteiger charge is 2.31. The van der Waals surface area contributed by atoms with Gasteiger partial charge in [-0.2, -0.15) is 0 Å². The zero-order valence-electron chi connectivity index (χ0n) is 8.91. The molecule has 0 aliphatic rings. The third kappa shape index (κ3) is 3.59. The van der Waals surface area contributed by atoms with Gasteiger partial charge in [0.1, 0.15) is 9.45 Å². The second-order valence-electron chi connectivity index (χ2n) is 3.44. The molecule has 1 aromatic heterocycles. The van der Waals surface area contributed by atoms with Gasteiger partial charge in [-0.05, 0) is 58.0 Å². The summed E-state index contributed by atoms with van der Waals surface area (Å²) in [6.45, 7) is 0. The molecule has 0 spiro atoms. The van der Waals surface area contributed by atoms with E-state index in [0.717, 1.165) is 9.26 Å². The fraction of sp³-hybridized carbons (Fsp3) is 0.0833. The summed E-state index contributed by atoms with van der Waals surface area (Å²) in [6, 6.07) is 9.36. The molecule has 1 aromatic carbocycles. The molecule has 2 aromatic rings. The first-order chi connectivity index (χ1) is 8.44. The molecule has 6 heteroatoms. The van der Waals surface area contributed by atoms with Gasteiger partial charge < -0.3 is 4.74 Å². The highest BCUT2D eigenvalue weighted by molar-refractivity contribution is 14.1. The summed E-state index contributed by atoms with van der Waals surface area (Å²) < 4.78 is 41.0. The molecule has 18 heavy (non-hydrogen) atoms. The first-order valence-corrected chi connectivity index (χ1v) is 6.00. The van der Waals surface area contributed by atoms with E-state index in [1.54, 1.807) is 24.4 Å². The molecular formula is C12H7F3INO. The zero-order chi connectivity index (χ0) is 13.2. The Bertz CT molecular complexity index is 557. The van der Waals surface area contributed by atoms with Crippen LogP contribution in [0.25, 0.3) is 11.1 Å². The molecule has 0 fully saturated rings. The summed E-state index contributed by atoms with van der Waals surface area (Å²) in [5.74, 6) is -0.230. The number of benzene rings is 1. The Morgan fingerprint density at radius 2 is 1.78 bits per heavy atom.